The molecule has 8 heteroatoms. The maximum Gasteiger partial charge on any atom is 0.160 e. The van der Waals surface area contributed by atoms with E-state index in [1.807, 2.05) is 10.8 Å². The molecule has 0 saturated carbocycles. The smallest absolute Gasteiger partial charge is 0.160 e. The van der Waals surface area contributed by atoms with Crippen molar-refractivity contribution in [3.63, 3.8) is 0 Å². The number of halogens is 2. The standard InChI is InChI=1S/C13H19N5O.2ClH/c1-10(19)9-17-6-4-15-13(17)12-7-11-8-14-3-2-5-18(11)16-12;;/h4,6-7,10,14,19H,2-3,5,8-9H2,1H3;2*1H. The lowest BCUT2D eigenvalue weighted by atomic mass is 10.3. The fourth-order valence-electron chi connectivity index (χ4n) is 2.45. The number of nitrogens with zero attached hydrogens (tertiary/aromatic N) is 4. The van der Waals surface area contributed by atoms with Gasteiger partial charge in [-0.3, -0.25) is 4.68 Å². The zero-order valence-corrected chi connectivity index (χ0v) is 13.5. The van der Waals surface area contributed by atoms with E-state index >= 15 is 0 Å². The van der Waals surface area contributed by atoms with E-state index in [1.165, 1.54) is 5.69 Å². The minimum absolute atomic E-state index is 0. The molecule has 0 radical (unpaired) electrons. The van der Waals surface area contributed by atoms with Crippen molar-refractivity contribution >= 4 is 24.8 Å². The second-order valence-corrected chi connectivity index (χ2v) is 5.03. The molecule has 1 unspecified atom stereocenters. The van der Waals surface area contributed by atoms with Gasteiger partial charge in [-0.05, 0) is 26.0 Å². The number of aliphatic hydroxyl groups is 1. The van der Waals surface area contributed by atoms with Crippen LogP contribution in [0.2, 0.25) is 0 Å². The van der Waals surface area contributed by atoms with Crippen molar-refractivity contribution in [1.29, 1.82) is 0 Å². The second kappa shape index (κ2) is 7.79. The van der Waals surface area contributed by atoms with Gasteiger partial charge in [-0.1, -0.05) is 0 Å². The first-order valence-corrected chi connectivity index (χ1v) is 6.71. The Morgan fingerprint density at radius 2 is 2.24 bits per heavy atom. The summed E-state index contributed by atoms with van der Waals surface area (Å²) in [6.45, 7) is 5.14. The number of hydrogen-bond donors (Lipinski definition) is 2. The molecule has 0 spiro atoms. The fraction of sp³-hybridized carbons (Fsp3) is 0.538. The Labute approximate surface area is 136 Å². The molecule has 3 heterocycles. The first-order valence-electron chi connectivity index (χ1n) is 6.71. The molecule has 0 aromatic carbocycles. The first-order chi connectivity index (χ1) is 9.24. The van der Waals surface area contributed by atoms with Gasteiger partial charge in [0.25, 0.3) is 0 Å². The zero-order chi connectivity index (χ0) is 13.2. The Morgan fingerprint density at radius 1 is 1.43 bits per heavy atom. The fourth-order valence-corrected chi connectivity index (χ4v) is 2.45. The highest BCUT2D eigenvalue weighted by Gasteiger charge is 2.15. The summed E-state index contributed by atoms with van der Waals surface area (Å²) in [5.74, 6) is 0.821. The Bertz CT molecular complexity index is 543. The molecule has 0 fully saturated rings. The first kappa shape index (κ1) is 18.0. The summed E-state index contributed by atoms with van der Waals surface area (Å²) in [7, 11) is 0. The Kier molecular flexibility index (Phi) is 6.67. The molecule has 3 rings (SSSR count). The van der Waals surface area contributed by atoms with Crippen molar-refractivity contribution in [2.75, 3.05) is 6.54 Å². The zero-order valence-electron chi connectivity index (χ0n) is 11.9. The van der Waals surface area contributed by atoms with Gasteiger partial charge in [0.05, 0.1) is 11.8 Å². The van der Waals surface area contributed by atoms with Gasteiger partial charge in [0.1, 0.15) is 5.69 Å². The van der Waals surface area contributed by atoms with Crippen molar-refractivity contribution in [2.45, 2.75) is 39.1 Å². The molecule has 0 bridgehead atoms. The van der Waals surface area contributed by atoms with Crippen LogP contribution in [0.4, 0.5) is 0 Å². The van der Waals surface area contributed by atoms with Crippen LogP contribution < -0.4 is 5.32 Å². The van der Waals surface area contributed by atoms with E-state index in [-0.39, 0.29) is 24.8 Å². The van der Waals surface area contributed by atoms with Gasteiger partial charge < -0.3 is 15.0 Å². The molecule has 0 saturated heterocycles. The summed E-state index contributed by atoms with van der Waals surface area (Å²) < 4.78 is 4.00. The summed E-state index contributed by atoms with van der Waals surface area (Å²) in [6, 6.07) is 2.08. The predicted molar refractivity (Wildman–Crippen MR) is 85.9 cm³/mol. The molecule has 1 atom stereocenters. The van der Waals surface area contributed by atoms with E-state index in [0.29, 0.717) is 6.54 Å². The number of rotatable bonds is 3. The van der Waals surface area contributed by atoms with Gasteiger partial charge in [0.2, 0.25) is 0 Å². The average molecular weight is 334 g/mol. The van der Waals surface area contributed by atoms with Crippen molar-refractivity contribution in [2.24, 2.45) is 0 Å². The number of aryl methyl sites for hydroxylation is 1. The minimum atomic E-state index is -0.393. The molecular formula is C13H21Cl2N5O. The third-order valence-electron chi connectivity index (χ3n) is 3.30. The van der Waals surface area contributed by atoms with Crippen LogP contribution in [0.3, 0.4) is 0 Å². The third-order valence-corrected chi connectivity index (χ3v) is 3.30. The number of fused-ring (bicyclic) bond motifs is 1. The van der Waals surface area contributed by atoms with Crippen molar-refractivity contribution in [3.8, 4) is 11.5 Å². The van der Waals surface area contributed by atoms with Crippen LogP contribution in [0.1, 0.15) is 19.0 Å². The van der Waals surface area contributed by atoms with Gasteiger partial charge in [0, 0.05) is 32.0 Å². The molecule has 0 amide bonds. The summed E-state index contributed by atoms with van der Waals surface area (Å²) in [6.07, 6.45) is 4.33. The van der Waals surface area contributed by atoms with E-state index in [4.69, 9.17) is 0 Å². The number of hydrogen-bond acceptors (Lipinski definition) is 4. The third kappa shape index (κ3) is 3.97. The summed E-state index contributed by atoms with van der Waals surface area (Å²) in [4.78, 5) is 4.36. The van der Waals surface area contributed by atoms with E-state index in [0.717, 1.165) is 37.6 Å². The Morgan fingerprint density at radius 3 is 3.00 bits per heavy atom. The molecule has 6 nitrogen and oxygen atoms in total. The summed E-state index contributed by atoms with van der Waals surface area (Å²) in [5.41, 5.74) is 2.07. The van der Waals surface area contributed by atoms with Crippen molar-refractivity contribution in [1.82, 2.24) is 24.6 Å². The molecule has 2 aromatic heterocycles. The quantitative estimate of drug-likeness (QED) is 0.892. The molecule has 118 valence electrons. The van der Waals surface area contributed by atoms with Gasteiger partial charge in [0.15, 0.2) is 5.82 Å². The highest BCUT2D eigenvalue weighted by atomic mass is 35.5. The normalized spacial score (nSPS) is 15.3. The van der Waals surface area contributed by atoms with Crippen LogP contribution in [-0.2, 0) is 19.6 Å². The monoisotopic (exact) mass is 333 g/mol. The van der Waals surface area contributed by atoms with Crippen LogP contribution >= 0.6 is 24.8 Å². The maximum absolute atomic E-state index is 9.51. The van der Waals surface area contributed by atoms with Gasteiger partial charge in [-0.2, -0.15) is 5.10 Å². The van der Waals surface area contributed by atoms with Crippen LogP contribution in [0.15, 0.2) is 18.5 Å². The number of aromatic nitrogens is 4. The topological polar surface area (TPSA) is 67.9 Å². The largest absolute Gasteiger partial charge is 0.392 e. The summed E-state index contributed by atoms with van der Waals surface area (Å²) >= 11 is 0. The van der Waals surface area contributed by atoms with Crippen LogP contribution in [0, 0.1) is 0 Å². The van der Waals surface area contributed by atoms with Gasteiger partial charge in [-0.15, -0.1) is 24.8 Å². The van der Waals surface area contributed by atoms with E-state index in [9.17, 15) is 5.11 Å². The second-order valence-electron chi connectivity index (χ2n) is 5.03. The number of aliphatic hydroxyl groups excluding tert-OH is 1. The molecule has 1 aliphatic heterocycles. The Hall–Kier alpha value is -1.08. The van der Waals surface area contributed by atoms with Crippen molar-refractivity contribution < 1.29 is 5.11 Å². The lowest BCUT2D eigenvalue weighted by molar-refractivity contribution is 0.174. The highest BCUT2D eigenvalue weighted by Crippen LogP contribution is 2.19. The van der Waals surface area contributed by atoms with Gasteiger partial charge >= 0.3 is 0 Å². The SMILES string of the molecule is CC(O)Cn1ccnc1-c1cc2n(n1)CCCNC2.Cl.Cl. The molecule has 2 N–H and O–H groups in total. The van der Waals surface area contributed by atoms with Crippen LogP contribution in [0.25, 0.3) is 11.5 Å². The van der Waals surface area contributed by atoms with Gasteiger partial charge in [-0.25, -0.2) is 4.98 Å². The maximum atomic E-state index is 9.51. The lowest BCUT2D eigenvalue weighted by Gasteiger charge is -2.08. The van der Waals surface area contributed by atoms with Crippen LogP contribution in [-0.4, -0.2) is 37.1 Å². The number of nitrogens with one attached hydrogen (secondary N) is 1. The molecule has 21 heavy (non-hydrogen) atoms. The van der Waals surface area contributed by atoms with Crippen molar-refractivity contribution in [3.05, 3.63) is 24.2 Å². The predicted octanol–water partition coefficient (Wildman–Crippen LogP) is 1.46. The molecule has 0 aliphatic carbocycles. The Balaban J connectivity index is 0.00000110. The summed E-state index contributed by atoms with van der Waals surface area (Å²) in [5, 5.41) is 17.5. The molecule has 1 aliphatic rings. The minimum Gasteiger partial charge on any atom is -0.392 e. The lowest BCUT2D eigenvalue weighted by Crippen LogP contribution is -2.12. The highest BCUT2D eigenvalue weighted by molar-refractivity contribution is 5.85. The van der Waals surface area contributed by atoms with E-state index < -0.39 is 6.10 Å². The average Bonchev–Trinajstić information content (AvgIpc) is 2.91. The number of imidazole rings is 1. The molecule has 2 aromatic rings. The van der Waals surface area contributed by atoms with E-state index in [2.05, 4.69) is 26.1 Å². The van der Waals surface area contributed by atoms with E-state index in [1.54, 1.807) is 13.1 Å². The molecular weight excluding hydrogens is 313 g/mol. The van der Waals surface area contributed by atoms with Crippen LogP contribution in [0.5, 0.6) is 0 Å².